The Hall–Kier alpha value is -1.56. The van der Waals surface area contributed by atoms with Crippen LogP contribution in [0.2, 0.25) is 0 Å². The molecule has 1 aliphatic rings. The second-order valence-electron chi connectivity index (χ2n) is 4.78. The van der Waals surface area contributed by atoms with E-state index in [2.05, 4.69) is 4.98 Å². The van der Waals surface area contributed by atoms with Crippen molar-refractivity contribution >= 4 is 11.8 Å². The molecule has 0 amide bonds. The molecule has 1 saturated heterocycles. The fraction of sp³-hybridized carbons (Fsp3) is 0.692. The number of nitrogen functional groups attached to an aromatic ring is 1. The van der Waals surface area contributed by atoms with Gasteiger partial charge in [0.15, 0.2) is 5.69 Å². The lowest BCUT2D eigenvalue weighted by Gasteiger charge is -2.23. The van der Waals surface area contributed by atoms with Gasteiger partial charge in [-0.3, -0.25) is 0 Å². The topological polar surface area (TPSA) is 79.4 Å². The monoisotopic (exact) mass is 267 g/mol. The number of nitrogens with two attached hydrogens (primary N) is 1. The molecule has 0 atom stereocenters. The highest BCUT2D eigenvalue weighted by molar-refractivity contribution is 5.92. The average Bonchev–Trinajstić information content (AvgIpc) is 2.68. The number of esters is 1. The quantitative estimate of drug-likeness (QED) is 0.834. The SMILES string of the molecule is CCOC(=O)c1nc(C)n(CC2CCOCC2)c1N. The molecule has 106 valence electrons. The first-order valence-corrected chi connectivity index (χ1v) is 6.71. The number of aromatic nitrogens is 2. The summed E-state index contributed by atoms with van der Waals surface area (Å²) >= 11 is 0. The van der Waals surface area contributed by atoms with Gasteiger partial charge in [-0.1, -0.05) is 0 Å². The van der Waals surface area contributed by atoms with Gasteiger partial charge in [-0.15, -0.1) is 0 Å². The minimum absolute atomic E-state index is 0.228. The van der Waals surface area contributed by atoms with Crippen molar-refractivity contribution in [2.24, 2.45) is 5.92 Å². The van der Waals surface area contributed by atoms with Crippen LogP contribution in [-0.2, 0) is 16.0 Å². The maximum Gasteiger partial charge on any atom is 0.360 e. The summed E-state index contributed by atoms with van der Waals surface area (Å²) in [6.07, 6.45) is 2.04. The molecule has 6 heteroatoms. The Morgan fingerprint density at radius 2 is 2.21 bits per heavy atom. The van der Waals surface area contributed by atoms with Crippen molar-refractivity contribution in [3.8, 4) is 0 Å². The molecule has 0 radical (unpaired) electrons. The predicted molar refractivity (Wildman–Crippen MR) is 70.9 cm³/mol. The highest BCUT2D eigenvalue weighted by atomic mass is 16.5. The molecular formula is C13H21N3O3. The van der Waals surface area contributed by atoms with E-state index in [1.165, 1.54) is 0 Å². The number of aryl methyl sites for hydroxylation is 1. The van der Waals surface area contributed by atoms with E-state index in [1.54, 1.807) is 6.92 Å². The van der Waals surface area contributed by atoms with Crippen molar-refractivity contribution < 1.29 is 14.3 Å². The zero-order chi connectivity index (χ0) is 13.8. The Kier molecular flexibility index (Phi) is 4.42. The van der Waals surface area contributed by atoms with Crippen LogP contribution < -0.4 is 5.73 Å². The van der Waals surface area contributed by atoms with E-state index in [0.717, 1.165) is 38.4 Å². The molecule has 2 heterocycles. The highest BCUT2D eigenvalue weighted by Gasteiger charge is 2.22. The van der Waals surface area contributed by atoms with Gasteiger partial charge in [-0.25, -0.2) is 9.78 Å². The maximum atomic E-state index is 11.7. The molecule has 0 aromatic carbocycles. The average molecular weight is 267 g/mol. The molecular weight excluding hydrogens is 246 g/mol. The number of rotatable bonds is 4. The van der Waals surface area contributed by atoms with Gasteiger partial charge >= 0.3 is 5.97 Å². The van der Waals surface area contributed by atoms with Gasteiger partial charge in [0.05, 0.1) is 6.61 Å². The Labute approximate surface area is 112 Å². The highest BCUT2D eigenvalue weighted by Crippen LogP contribution is 2.22. The van der Waals surface area contributed by atoms with Crippen LogP contribution >= 0.6 is 0 Å². The summed E-state index contributed by atoms with van der Waals surface area (Å²) < 4.78 is 12.2. The lowest BCUT2D eigenvalue weighted by atomic mass is 10.0. The van der Waals surface area contributed by atoms with Crippen LogP contribution in [0, 0.1) is 12.8 Å². The van der Waals surface area contributed by atoms with Crippen LogP contribution in [0.3, 0.4) is 0 Å². The van der Waals surface area contributed by atoms with Crippen LogP contribution in [0.25, 0.3) is 0 Å². The van der Waals surface area contributed by atoms with E-state index < -0.39 is 5.97 Å². The van der Waals surface area contributed by atoms with Crippen molar-refractivity contribution in [3.63, 3.8) is 0 Å². The van der Waals surface area contributed by atoms with Crippen molar-refractivity contribution in [3.05, 3.63) is 11.5 Å². The molecule has 0 aliphatic carbocycles. The normalized spacial score (nSPS) is 16.5. The number of nitrogens with zero attached hydrogens (tertiary/aromatic N) is 2. The molecule has 0 saturated carbocycles. The van der Waals surface area contributed by atoms with Crippen LogP contribution in [0.4, 0.5) is 5.82 Å². The van der Waals surface area contributed by atoms with Gasteiger partial charge < -0.3 is 19.8 Å². The second kappa shape index (κ2) is 6.06. The molecule has 2 N–H and O–H groups in total. The number of carbonyl (C=O) groups excluding carboxylic acids is 1. The number of hydrogen-bond acceptors (Lipinski definition) is 5. The zero-order valence-corrected chi connectivity index (χ0v) is 11.5. The smallest absolute Gasteiger partial charge is 0.360 e. The Bertz CT molecular complexity index is 450. The first-order chi connectivity index (χ1) is 9.13. The number of imidazole rings is 1. The first kappa shape index (κ1) is 13.9. The number of carbonyl (C=O) groups is 1. The van der Waals surface area contributed by atoms with Gasteiger partial charge in [0.1, 0.15) is 11.6 Å². The van der Waals surface area contributed by atoms with Gasteiger partial charge in [0.25, 0.3) is 0 Å². The third-order valence-electron chi connectivity index (χ3n) is 3.45. The lowest BCUT2D eigenvalue weighted by molar-refractivity contribution is 0.0520. The number of anilines is 1. The van der Waals surface area contributed by atoms with Crippen molar-refractivity contribution in [2.45, 2.75) is 33.2 Å². The second-order valence-corrected chi connectivity index (χ2v) is 4.78. The molecule has 0 unspecified atom stereocenters. The van der Waals surface area contributed by atoms with E-state index in [-0.39, 0.29) is 5.69 Å². The summed E-state index contributed by atoms with van der Waals surface area (Å²) in [7, 11) is 0. The molecule has 0 bridgehead atoms. The summed E-state index contributed by atoms with van der Waals surface area (Å²) in [6.45, 7) is 6.32. The van der Waals surface area contributed by atoms with Gasteiger partial charge in [0, 0.05) is 19.8 Å². The molecule has 1 fully saturated rings. The van der Waals surface area contributed by atoms with Crippen LogP contribution in [0.1, 0.15) is 36.1 Å². The van der Waals surface area contributed by atoms with E-state index >= 15 is 0 Å². The van der Waals surface area contributed by atoms with E-state index in [9.17, 15) is 4.79 Å². The third kappa shape index (κ3) is 3.07. The fourth-order valence-electron chi connectivity index (χ4n) is 2.35. The minimum Gasteiger partial charge on any atom is -0.461 e. The van der Waals surface area contributed by atoms with Crippen LogP contribution in [-0.4, -0.2) is 35.3 Å². The van der Waals surface area contributed by atoms with E-state index in [0.29, 0.717) is 18.3 Å². The fourth-order valence-corrected chi connectivity index (χ4v) is 2.35. The first-order valence-electron chi connectivity index (χ1n) is 6.71. The third-order valence-corrected chi connectivity index (χ3v) is 3.45. The van der Waals surface area contributed by atoms with Gasteiger partial charge in [-0.05, 0) is 32.6 Å². The largest absolute Gasteiger partial charge is 0.461 e. The zero-order valence-electron chi connectivity index (χ0n) is 11.5. The molecule has 0 spiro atoms. The van der Waals surface area contributed by atoms with Crippen LogP contribution in [0.5, 0.6) is 0 Å². The van der Waals surface area contributed by atoms with Crippen molar-refractivity contribution in [1.29, 1.82) is 0 Å². The Balaban J connectivity index is 2.14. The summed E-state index contributed by atoms with van der Waals surface area (Å²) in [4.78, 5) is 16.0. The van der Waals surface area contributed by atoms with Gasteiger partial charge in [0.2, 0.25) is 0 Å². The summed E-state index contributed by atoms with van der Waals surface area (Å²) in [6, 6.07) is 0. The summed E-state index contributed by atoms with van der Waals surface area (Å²) in [5.41, 5.74) is 6.25. The Morgan fingerprint density at radius 3 is 2.84 bits per heavy atom. The van der Waals surface area contributed by atoms with E-state index in [1.807, 2.05) is 11.5 Å². The van der Waals surface area contributed by atoms with Crippen LogP contribution in [0.15, 0.2) is 0 Å². The van der Waals surface area contributed by atoms with E-state index in [4.69, 9.17) is 15.2 Å². The summed E-state index contributed by atoms with van der Waals surface area (Å²) in [5.74, 6) is 1.24. The van der Waals surface area contributed by atoms with Crippen molar-refractivity contribution in [1.82, 2.24) is 9.55 Å². The standard InChI is InChI=1S/C13H21N3O3/c1-3-19-13(17)11-12(14)16(9(2)15-11)8-10-4-6-18-7-5-10/h10H,3-8,14H2,1-2H3. The number of ether oxygens (including phenoxy) is 2. The predicted octanol–water partition coefficient (Wildman–Crippen LogP) is 1.38. The molecule has 2 rings (SSSR count). The molecule has 1 aliphatic heterocycles. The van der Waals surface area contributed by atoms with Crippen molar-refractivity contribution in [2.75, 3.05) is 25.6 Å². The number of hydrogen-bond donors (Lipinski definition) is 1. The Morgan fingerprint density at radius 1 is 1.53 bits per heavy atom. The summed E-state index contributed by atoms with van der Waals surface area (Å²) in [5, 5.41) is 0. The minimum atomic E-state index is -0.450. The maximum absolute atomic E-state index is 11.7. The van der Waals surface area contributed by atoms with Gasteiger partial charge in [-0.2, -0.15) is 0 Å². The molecule has 1 aromatic rings. The lowest BCUT2D eigenvalue weighted by Crippen LogP contribution is -2.22. The molecule has 6 nitrogen and oxygen atoms in total. The molecule has 1 aromatic heterocycles. The molecule has 19 heavy (non-hydrogen) atoms.